The van der Waals surface area contributed by atoms with Gasteiger partial charge >= 0.3 is 6.09 Å². The van der Waals surface area contributed by atoms with Gasteiger partial charge < -0.3 is 5.32 Å². The van der Waals surface area contributed by atoms with Crippen molar-refractivity contribution in [1.82, 2.24) is 5.32 Å². The standard InChI is InChI=1S/C11H13ClN2O2/c1-8(10-6-4-3-5-7-10)13-11(15)16-14-9(2)12/h3-8H,1-2H3,(H,13,15)/b14-9-/t8-/m0/s1. The average molecular weight is 241 g/mol. The van der Waals surface area contributed by atoms with Crippen molar-refractivity contribution in [3.05, 3.63) is 35.9 Å². The zero-order valence-corrected chi connectivity index (χ0v) is 9.86. The molecule has 0 spiro atoms. The minimum absolute atomic E-state index is 0.139. The highest BCUT2D eigenvalue weighted by atomic mass is 35.5. The number of halogens is 1. The summed E-state index contributed by atoms with van der Waals surface area (Å²) in [6, 6.07) is 9.41. The number of hydrogen-bond donors (Lipinski definition) is 1. The van der Waals surface area contributed by atoms with Gasteiger partial charge in [-0.1, -0.05) is 47.1 Å². The van der Waals surface area contributed by atoms with Crippen LogP contribution in [0.1, 0.15) is 25.5 Å². The first-order chi connectivity index (χ1) is 7.59. The van der Waals surface area contributed by atoms with Crippen LogP contribution in [0.4, 0.5) is 4.79 Å². The molecule has 0 saturated carbocycles. The molecule has 1 aromatic rings. The summed E-state index contributed by atoms with van der Waals surface area (Å²) in [7, 11) is 0. The van der Waals surface area contributed by atoms with Crippen LogP contribution in [-0.4, -0.2) is 11.3 Å². The maximum absolute atomic E-state index is 11.2. The number of benzene rings is 1. The van der Waals surface area contributed by atoms with Gasteiger partial charge in [0.1, 0.15) is 5.17 Å². The average Bonchev–Trinajstić information content (AvgIpc) is 2.27. The summed E-state index contributed by atoms with van der Waals surface area (Å²) in [5, 5.41) is 6.13. The van der Waals surface area contributed by atoms with Crippen molar-refractivity contribution >= 4 is 22.9 Å². The molecule has 86 valence electrons. The molecule has 4 nitrogen and oxygen atoms in total. The normalized spacial score (nSPS) is 13.1. The van der Waals surface area contributed by atoms with E-state index in [9.17, 15) is 4.79 Å². The molecule has 0 aliphatic carbocycles. The fraction of sp³-hybridized carbons (Fsp3) is 0.273. The Kier molecular flexibility index (Phi) is 4.79. The van der Waals surface area contributed by atoms with Crippen LogP contribution < -0.4 is 5.32 Å². The Bertz CT molecular complexity index is 375. The van der Waals surface area contributed by atoms with E-state index in [2.05, 4.69) is 15.3 Å². The van der Waals surface area contributed by atoms with E-state index in [1.165, 1.54) is 6.92 Å². The highest BCUT2D eigenvalue weighted by Crippen LogP contribution is 2.10. The smallest absolute Gasteiger partial charge is 0.313 e. The zero-order valence-electron chi connectivity index (χ0n) is 9.11. The van der Waals surface area contributed by atoms with Crippen LogP contribution in [0.5, 0.6) is 0 Å². The molecule has 5 heteroatoms. The summed E-state index contributed by atoms with van der Waals surface area (Å²) >= 11 is 5.42. The second kappa shape index (κ2) is 6.12. The fourth-order valence-corrected chi connectivity index (χ4v) is 1.17. The van der Waals surface area contributed by atoms with Gasteiger partial charge in [-0.3, -0.25) is 4.84 Å². The van der Waals surface area contributed by atoms with E-state index >= 15 is 0 Å². The van der Waals surface area contributed by atoms with Crippen LogP contribution >= 0.6 is 11.6 Å². The molecule has 0 unspecified atom stereocenters. The van der Waals surface area contributed by atoms with Crippen LogP contribution in [0.25, 0.3) is 0 Å². The van der Waals surface area contributed by atoms with Crippen LogP contribution in [0.15, 0.2) is 35.5 Å². The Morgan fingerprint density at radius 2 is 2.06 bits per heavy atom. The first-order valence-corrected chi connectivity index (χ1v) is 5.20. The lowest BCUT2D eigenvalue weighted by molar-refractivity contribution is 0.147. The third kappa shape index (κ3) is 4.31. The first kappa shape index (κ1) is 12.5. The molecule has 16 heavy (non-hydrogen) atoms. The minimum Gasteiger partial charge on any atom is -0.313 e. The molecule has 0 aromatic heterocycles. The van der Waals surface area contributed by atoms with Gasteiger partial charge in [0.05, 0.1) is 6.04 Å². The number of carbonyl (C=O) groups is 1. The summed E-state index contributed by atoms with van der Waals surface area (Å²) < 4.78 is 0. The Morgan fingerprint density at radius 1 is 1.44 bits per heavy atom. The number of rotatable bonds is 3. The van der Waals surface area contributed by atoms with Crippen LogP contribution in [-0.2, 0) is 4.84 Å². The topological polar surface area (TPSA) is 50.7 Å². The summed E-state index contributed by atoms with van der Waals surface area (Å²) in [4.78, 5) is 15.7. The van der Waals surface area contributed by atoms with Crippen molar-refractivity contribution in [2.24, 2.45) is 5.16 Å². The predicted octanol–water partition coefficient (Wildman–Crippen LogP) is 3.05. The molecule has 1 N–H and O–H groups in total. The van der Waals surface area contributed by atoms with E-state index < -0.39 is 6.09 Å². The fourth-order valence-electron chi connectivity index (χ4n) is 1.13. The summed E-state index contributed by atoms with van der Waals surface area (Å²) in [6.45, 7) is 3.38. The summed E-state index contributed by atoms with van der Waals surface area (Å²) in [6.07, 6.45) is -0.628. The van der Waals surface area contributed by atoms with E-state index in [4.69, 9.17) is 11.6 Å². The van der Waals surface area contributed by atoms with E-state index in [0.29, 0.717) is 0 Å². The highest BCUT2D eigenvalue weighted by Gasteiger charge is 2.09. The second-order valence-corrected chi connectivity index (χ2v) is 3.79. The maximum atomic E-state index is 11.2. The molecule has 0 aliphatic rings. The highest BCUT2D eigenvalue weighted by molar-refractivity contribution is 6.64. The van der Waals surface area contributed by atoms with Gasteiger partial charge in [-0.2, -0.15) is 0 Å². The molecule has 0 saturated heterocycles. The van der Waals surface area contributed by atoms with Crippen LogP contribution in [0.2, 0.25) is 0 Å². The van der Waals surface area contributed by atoms with E-state index in [-0.39, 0.29) is 11.2 Å². The molecule has 0 heterocycles. The third-order valence-electron chi connectivity index (χ3n) is 1.89. The van der Waals surface area contributed by atoms with Gasteiger partial charge in [-0.05, 0) is 19.4 Å². The molecule has 0 aliphatic heterocycles. The van der Waals surface area contributed by atoms with Crippen molar-refractivity contribution in [2.45, 2.75) is 19.9 Å². The number of amides is 1. The van der Waals surface area contributed by atoms with Crippen molar-refractivity contribution in [3.63, 3.8) is 0 Å². The largest absolute Gasteiger partial charge is 0.433 e. The predicted molar refractivity (Wildman–Crippen MR) is 63.4 cm³/mol. The number of oxime groups is 1. The van der Waals surface area contributed by atoms with Crippen molar-refractivity contribution in [1.29, 1.82) is 0 Å². The molecule has 1 rings (SSSR count). The van der Waals surface area contributed by atoms with E-state index in [0.717, 1.165) is 5.56 Å². The summed E-state index contributed by atoms with van der Waals surface area (Å²) in [5.41, 5.74) is 0.992. The minimum atomic E-state index is -0.628. The Morgan fingerprint density at radius 3 is 2.62 bits per heavy atom. The van der Waals surface area contributed by atoms with Crippen LogP contribution in [0.3, 0.4) is 0 Å². The number of carbonyl (C=O) groups excluding carboxylic acids is 1. The van der Waals surface area contributed by atoms with Crippen LogP contribution in [0, 0.1) is 0 Å². The lowest BCUT2D eigenvalue weighted by atomic mass is 10.1. The monoisotopic (exact) mass is 240 g/mol. The molecule has 1 atom stereocenters. The molecular weight excluding hydrogens is 228 g/mol. The SMILES string of the molecule is C/C(Cl)=N/OC(=O)N[C@@H](C)c1ccccc1. The molecule has 0 radical (unpaired) electrons. The van der Waals surface area contributed by atoms with Gasteiger partial charge in [-0.25, -0.2) is 4.79 Å². The quantitative estimate of drug-likeness (QED) is 0.502. The molecule has 1 amide bonds. The van der Waals surface area contributed by atoms with Gasteiger partial charge in [0.15, 0.2) is 0 Å². The Hall–Kier alpha value is -1.55. The molecule has 0 bridgehead atoms. The first-order valence-electron chi connectivity index (χ1n) is 4.82. The maximum Gasteiger partial charge on any atom is 0.433 e. The Labute approximate surface area is 99.2 Å². The Balaban J connectivity index is 2.49. The summed E-state index contributed by atoms with van der Waals surface area (Å²) in [5.74, 6) is 0. The van der Waals surface area contributed by atoms with Crippen molar-refractivity contribution in [2.75, 3.05) is 0 Å². The number of nitrogens with zero attached hydrogens (tertiary/aromatic N) is 1. The lowest BCUT2D eigenvalue weighted by Gasteiger charge is -2.12. The third-order valence-corrected chi connectivity index (χ3v) is 1.96. The number of nitrogens with one attached hydrogen (secondary N) is 1. The lowest BCUT2D eigenvalue weighted by Crippen LogP contribution is -2.26. The van der Waals surface area contributed by atoms with E-state index in [1.807, 2.05) is 37.3 Å². The molecule has 0 fully saturated rings. The zero-order chi connectivity index (χ0) is 12.0. The molecular formula is C11H13ClN2O2. The van der Waals surface area contributed by atoms with Gasteiger partial charge in [-0.15, -0.1) is 0 Å². The van der Waals surface area contributed by atoms with E-state index in [1.54, 1.807) is 0 Å². The van der Waals surface area contributed by atoms with Crippen molar-refractivity contribution in [3.8, 4) is 0 Å². The van der Waals surface area contributed by atoms with Crippen molar-refractivity contribution < 1.29 is 9.63 Å². The molecule has 1 aromatic carbocycles. The number of hydrogen-bond acceptors (Lipinski definition) is 3. The van der Waals surface area contributed by atoms with Gasteiger partial charge in [0.25, 0.3) is 0 Å². The van der Waals surface area contributed by atoms with Gasteiger partial charge in [0.2, 0.25) is 0 Å². The van der Waals surface area contributed by atoms with Gasteiger partial charge in [0, 0.05) is 0 Å². The second-order valence-electron chi connectivity index (χ2n) is 3.24.